The zero-order valence-corrected chi connectivity index (χ0v) is 17.2. The Morgan fingerprint density at radius 2 is 1.81 bits per heavy atom. The molecular weight excluding hydrogens is 374 g/mol. The van der Waals surface area contributed by atoms with Crippen LogP contribution in [0.2, 0.25) is 0 Å². The monoisotopic (exact) mass is 403 g/mol. The largest absolute Gasteiger partial charge is 0.355 e. The van der Waals surface area contributed by atoms with Crippen molar-refractivity contribution in [3.05, 3.63) is 29.8 Å². The standard InChI is InChI=1S/C18H29N3O3S.ClH/c1-3-19-15(2)14-20-18(22)11-8-16-6-9-17(10-7-16)25(23,24)21-12-4-5-13-21;/h6-7,9-10,15,19H,3-5,8,11-14H2,1-2H3,(H,20,22);1H/t15-;/m1./s1. The number of hydrogen-bond donors (Lipinski definition) is 2. The van der Waals surface area contributed by atoms with E-state index in [1.54, 1.807) is 28.6 Å². The molecule has 0 spiro atoms. The van der Waals surface area contributed by atoms with Gasteiger partial charge in [-0.3, -0.25) is 4.79 Å². The normalized spacial score (nSPS) is 16.1. The van der Waals surface area contributed by atoms with Gasteiger partial charge in [-0.15, -0.1) is 12.4 Å². The van der Waals surface area contributed by atoms with Crippen LogP contribution in [0.5, 0.6) is 0 Å². The average molecular weight is 404 g/mol. The molecule has 0 radical (unpaired) electrons. The van der Waals surface area contributed by atoms with Crippen LogP contribution >= 0.6 is 12.4 Å². The molecule has 1 aliphatic heterocycles. The number of amides is 1. The first-order valence-corrected chi connectivity index (χ1v) is 10.5. The third-order valence-electron chi connectivity index (χ3n) is 4.42. The van der Waals surface area contributed by atoms with Crippen molar-refractivity contribution >= 4 is 28.3 Å². The van der Waals surface area contributed by atoms with E-state index in [0.29, 0.717) is 37.4 Å². The van der Waals surface area contributed by atoms with Crippen LogP contribution in [0.4, 0.5) is 0 Å². The summed E-state index contributed by atoms with van der Waals surface area (Å²) in [5, 5.41) is 6.15. The lowest BCUT2D eigenvalue weighted by Gasteiger charge is -2.15. The van der Waals surface area contributed by atoms with Crippen molar-refractivity contribution in [1.82, 2.24) is 14.9 Å². The van der Waals surface area contributed by atoms with Crippen molar-refractivity contribution in [3.8, 4) is 0 Å². The van der Waals surface area contributed by atoms with E-state index in [0.717, 1.165) is 24.9 Å². The summed E-state index contributed by atoms with van der Waals surface area (Å²) < 4.78 is 26.5. The molecule has 2 N–H and O–H groups in total. The second-order valence-corrected chi connectivity index (χ2v) is 8.46. The quantitative estimate of drug-likeness (QED) is 0.660. The number of halogens is 1. The molecule has 0 aliphatic carbocycles. The van der Waals surface area contributed by atoms with Gasteiger partial charge in [0.1, 0.15) is 0 Å². The molecule has 8 heteroatoms. The van der Waals surface area contributed by atoms with Gasteiger partial charge in [-0.2, -0.15) is 4.31 Å². The van der Waals surface area contributed by atoms with Crippen molar-refractivity contribution < 1.29 is 13.2 Å². The SMILES string of the molecule is CCN[C@H](C)CNC(=O)CCc1ccc(S(=O)(=O)N2CCCC2)cc1.Cl. The molecule has 1 fully saturated rings. The van der Waals surface area contributed by atoms with Crippen LogP contribution in [0.3, 0.4) is 0 Å². The Kier molecular flexibility index (Phi) is 9.57. The zero-order chi connectivity index (χ0) is 18.3. The molecule has 0 aromatic heterocycles. The third kappa shape index (κ3) is 6.54. The molecule has 6 nitrogen and oxygen atoms in total. The number of hydrogen-bond acceptors (Lipinski definition) is 4. The molecule has 0 unspecified atom stereocenters. The second-order valence-electron chi connectivity index (χ2n) is 6.52. The van der Waals surface area contributed by atoms with Crippen LogP contribution < -0.4 is 10.6 Å². The van der Waals surface area contributed by atoms with Crippen LogP contribution in [0, 0.1) is 0 Å². The maximum atomic E-state index is 12.5. The highest BCUT2D eigenvalue weighted by Crippen LogP contribution is 2.21. The van der Waals surface area contributed by atoms with E-state index in [9.17, 15) is 13.2 Å². The van der Waals surface area contributed by atoms with Gasteiger partial charge in [0.05, 0.1) is 4.90 Å². The molecule has 26 heavy (non-hydrogen) atoms. The zero-order valence-electron chi connectivity index (χ0n) is 15.5. The smallest absolute Gasteiger partial charge is 0.243 e. The van der Waals surface area contributed by atoms with Gasteiger partial charge in [-0.25, -0.2) is 8.42 Å². The van der Waals surface area contributed by atoms with Crippen molar-refractivity contribution in [2.75, 3.05) is 26.2 Å². The predicted octanol–water partition coefficient (Wildman–Crippen LogP) is 1.94. The number of carbonyl (C=O) groups is 1. The summed E-state index contributed by atoms with van der Waals surface area (Å²) >= 11 is 0. The number of carbonyl (C=O) groups excluding carboxylic acids is 1. The highest BCUT2D eigenvalue weighted by molar-refractivity contribution is 7.89. The molecular formula is C18H30ClN3O3S. The number of nitrogens with zero attached hydrogens (tertiary/aromatic N) is 1. The van der Waals surface area contributed by atoms with Crippen molar-refractivity contribution in [2.45, 2.75) is 50.5 Å². The minimum atomic E-state index is -3.36. The topological polar surface area (TPSA) is 78.5 Å². The number of nitrogens with one attached hydrogen (secondary N) is 2. The molecule has 2 rings (SSSR count). The summed E-state index contributed by atoms with van der Waals surface area (Å²) in [6.07, 6.45) is 2.86. The molecule has 1 aromatic rings. The Bertz CT molecular complexity index is 659. The average Bonchev–Trinajstić information content (AvgIpc) is 3.14. The van der Waals surface area contributed by atoms with Crippen molar-refractivity contribution in [3.63, 3.8) is 0 Å². The van der Waals surface area contributed by atoms with Gasteiger partial charge in [0.15, 0.2) is 0 Å². The lowest BCUT2D eigenvalue weighted by atomic mass is 10.1. The second kappa shape index (κ2) is 10.9. The van der Waals surface area contributed by atoms with Crippen LogP contribution in [-0.2, 0) is 21.2 Å². The number of aryl methyl sites for hydroxylation is 1. The fourth-order valence-corrected chi connectivity index (χ4v) is 4.46. The summed E-state index contributed by atoms with van der Waals surface area (Å²) in [7, 11) is -3.36. The molecule has 1 saturated heterocycles. The Morgan fingerprint density at radius 1 is 1.19 bits per heavy atom. The third-order valence-corrected chi connectivity index (χ3v) is 6.34. The molecule has 1 amide bonds. The molecule has 148 valence electrons. The van der Waals surface area contributed by atoms with E-state index in [1.165, 1.54) is 0 Å². The molecule has 1 aliphatic rings. The number of sulfonamides is 1. The van der Waals surface area contributed by atoms with Crippen LogP contribution in [0.25, 0.3) is 0 Å². The number of rotatable bonds is 9. The van der Waals surface area contributed by atoms with Crippen molar-refractivity contribution in [1.29, 1.82) is 0 Å². The van der Waals surface area contributed by atoms with E-state index in [-0.39, 0.29) is 24.4 Å². The maximum Gasteiger partial charge on any atom is 0.243 e. The fraction of sp³-hybridized carbons (Fsp3) is 0.611. The van der Waals surface area contributed by atoms with E-state index in [1.807, 2.05) is 13.8 Å². The molecule has 0 bridgehead atoms. The van der Waals surface area contributed by atoms with Crippen LogP contribution in [-0.4, -0.2) is 50.9 Å². The molecule has 1 heterocycles. The van der Waals surface area contributed by atoms with Gasteiger partial charge < -0.3 is 10.6 Å². The highest BCUT2D eigenvalue weighted by atomic mass is 35.5. The van der Waals surface area contributed by atoms with Crippen LogP contribution in [0.1, 0.15) is 38.7 Å². The van der Waals surface area contributed by atoms with Gasteiger partial charge in [0.2, 0.25) is 15.9 Å². The first-order valence-electron chi connectivity index (χ1n) is 9.02. The minimum Gasteiger partial charge on any atom is -0.355 e. The highest BCUT2D eigenvalue weighted by Gasteiger charge is 2.26. The lowest BCUT2D eigenvalue weighted by Crippen LogP contribution is -2.38. The molecule has 1 atom stereocenters. The van der Waals surface area contributed by atoms with E-state index >= 15 is 0 Å². The Labute approximate surface area is 163 Å². The summed E-state index contributed by atoms with van der Waals surface area (Å²) in [4.78, 5) is 12.2. The van der Waals surface area contributed by atoms with Gasteiger partial charge >= 0.3 is 0 Å². The Balaban J connectivity index is 0.00000338. The minimum absolute atomic E-state index is 0. The lowest BCUT2D eigenvalue weighted by molar-refractivity contribution is -0.121. The van der Waals surface area contributed by atoms with Gasteiger partial charge in [0.25, 0.3) is 0 Å². The number of benzene rings is 1. The Morgan fingerprint density at radius 3 is 2.38 bits per heavy atom. The van der Waals surface area contributed by atoms with E-state index < -0.39 is 10.0 Å². The predicted molar refractivity (Wildman–Crippen MR) is 106 cm³/mol. The van der Waals surface area contributed by atoms with E-state index in [4.69, 9.17) is 0 Å². The van der Waals surface area contributed by atoms with Gasteiger partial charge in [-0.1, -0.05) is 19.1 Å². The Hall–Kier alpha value is -1.15. The summed E-state index contributed by atoms with van der Waals surface area (Å²) in [6.45, 7) is 6.77. The number of likely N-dealkylation sites (N-methyl/N-ethyl adjacent to an activating group) is 1. The summed E-state index contributed by atoms with van der Waals surface area (Å²) in [6, 6.07) is 7.15. The molecule has 1 aromatic carbocycles. The van der Waals surface area contributed by atoms with Gasteiger partial charge in [0, 0.05) is 32.1 Å². The van der Waals surface area contributed by atoms with Crippen LogP contribution in [0.15, 0.2) is 29.2 Å². The fourth-order valence-electron chi connectivity index (χ4n) is 2.94. The summed E-state index contributed by atoms with van der Waals surface area (Å²) in [5.74, 6) is 0.0125. The first-order chi connectivity index (χ1) is 11.9. The van der Waals surface area contributed by atoms with Gasteiger partial charge in [-0.05, 0) is 50.4 Å². The van der Waals surface area contributed by atoms with Crippen molar-refractivity contribution in [2.24, 2.45) is 0 Å². The molecule has 0 saturated carbocycles. The summed E-state index contributed by atoms with van der Waals surface area (Å²) in [5.41, 5.74) is 0.968. The maximum absolute atomic E-state index is 12.5. The first kappa shape index (κ1) is 22.9. The van der Waals surface area contributed by atoms with E-state index in [2.05, 4.69) is 10.6 Å².